The van der Waals surface area contributed by atoms with Crippen molar-refractivity contribution in [3.8, 4) is 28.9 Å². The minimum Gasteiger partial charge on any atom is -0.497 e. The van der Waals surface area contributed by atoms with Crippen LogP contribution in [0.15, 0.2) is 74.6 Å². The summed E-state index contributed by atoms with van der Waals surface area (Å²) in [5.74, 6) is 1.63. The number of carbonyl (C=O) groups is 1. The molecule has 30 heavy (non-hydrogen) atoms. The minimum absolute atomic E-state index is 0.192. The van der Waals surface area contributed by atoms with Crippen LogP contribution in [0.25, 0.3) is 23.1 Å². The topological polar surface area (TPSA) is 103 Å². The lowest BCUT2D eigenvalue weighted by molar-refractivity contribution is 0.0953. The second-order valence-electron chi connectivity index (χ2n) is 6.33. The molecule has 2 aromatic carbocycles. The molecular weight excluding hydrogens is 384 g/mol. The number of rotatable bonds is 6. The lowest BCUT2D eigenvalue weighted by atomic mass is 10.2. The van der Waals surface area contributed by atoms with Crippen LogP contribution < -0.4 is 10.2 Å². The molecule has 0 aliphatic carbocycles. The Hall–Kier alpha value is -4.20. The van der Waals surface area contributed by atoms with E-state index in [0.717, 1.165) is 16.9 Å². The number of amides is 1. The molecule has 2 heterocycles. The highest BCUT2D eigenvalue weighted by atomic mass is 16.5. The third-order valence-electron chi connectivity index (χ3n) is 4.31. The van der Waals surface area contributed by atoms with Gasteiger partial charge < -0.3 is 13.6 Å². The van der Waals surface area contributed by atoms with Gasteiger partial charge in [-0.1, -0.05) is 18.2 Å². The van der Waals surface area contributed by atoms with Crippen LogP contribution in [0, 0.1) is 6.92 Å². The molecule has 0 bridgehead atoms. The number of nitrogens with zero attached hydrogens (tertiary/aromatic N) is 3. The Labute approximate surface area is 172 Å². The van der Waals surface area contributed by atoms with Gasteiger partial charge in [0.05, 0.1) is 18.9 Å². The van der Waals surface area contributed by atoms with Gasteiger partial charge in [0.2, 0.25) is 5.89 Å². The van der Waals surface area contributed by atoms with Crippen LogP contribution in [0.3, 0.4) is 0 Å². The van der Waals surface area contributed by atoms with E-state index in [1.54, 1.807) is 20.1 Å². The first-order valence-electron chi connectivity index (χ1n) is 9.11. The molecule has 8 nitrogen and oxygen atoms in total. The Kier molecular flexibility index (Phi) is 5.38. The van der Waals surface area contributed by atoms with Gasteiger partial charge in [-0.15, -0.1) is 10.2 Å². The quantitative estimate of drug-likeness (QED) is 0.385. The summed E-state index contributed by atoms with van der Waals surface area (Å²) in [5.41, 5.74) is 4.43. The first-order valence-corrected chi connectivity index (χ1v) is 9.11. The molecule has 0 atom stereocenters. The zero-order chi connectivity index (χ0) is 20.9. The first kappa shape index (κ1) is 19.1. The number of ether oxygens (including phenoxy) is 1. The molecule has 0 radical (unpaired) electrons. The summed E-state index contributed by atoms with van der Waals surface area (Å²) in [6, 6.07) is 18.2. The predicted molar refractivity (Wildman–Crippen MR) is 110 cm³/mol. The zero-order valence-electron chi connectivity index (χ0n) is 16.3. The van der Waals surface area contributed by atoms with Gasteiger partial charge in [-0.05, 0) is 48.9 Å². The van der Waals surface area contributed by atoms with E-state index in [-0.39, 0.29) is 5.89 Å². The SMILES string of the molecule is COc1ccc(/C=N/NC(=O)c2cc(-c3nnc(-c4ccccc4)o3)oc2C)cc1. The fourth-order valence-electron chi connectivity index (χ4n) is 2.75. The highest BCUT2D eigenvalue weighted by molar-refractivity contribution is 5.96. The van der Waals surface area contributed by atoms with Crippen LogP contribution in [0.2, 0.25) is 0 Å². The highest BCUT2D eigenvalue weighted by Crippen LogP contribution is 2.27. The number of aromatic nitrogens is 2. The minimum atomic E-state index is -0.407. The standard InChI is InChI=1S/C22H18N4O4/c1-14-18(20(27)24-23-13-15-8-10-17(28-2)11-9-15)12-19(29-14)22-26-25-21(30-22)16-6-4-3-5-7-16/h3-13H,1-2H3,(H,24,27)/b23-13+. The summed E-state index contributed by atoms with van der Waals surface area (Å²) in [6.45, 7) is 1.68. The molecule has 0 aliphatic heterocycles. The summed E-state index contributed by atoms with van der Waals surface area (Å²) >= 11 is 0. The van der Waals surface area contributed by atoms with Gasteiger partial charge in [-0.2, -0.15) is 5.10 Å². The molecule has 0 unspecified atom stereocenters. The molecule has 150 valence electrons. The van der Waals surface area contributed by atoms with Crippen molar-refractivity contribution < 1.29 is 18.4 Å². The van der Waals surface area contributed by atoms with Crippen molar-refractivity contribution in [3.63, 3.8) is 0 Å². The predicted octanol–water partition coefficient (Wildman–Crippen LogP) is 4.08. The van der Waals surface area contributed by atoms with Gasteiger partial charge in [-0.25, -0.2) is 5.43 Å². The Morgan fingerprint density at radius 1 is 1.03 bits per heavy atom. The summed E-state index contributed by atoms with van der Waals surface area (Å²) in [6.07, 6.45) is 1.54. The van der Waals surface area contributed by atoms with Crippen LogP contribution in [-0.4, -0.2) is 29.4 Å². The fraction of sp³-hybridized carbons (Fsp3) is 0.0909. The average molecular weight is 402 g/mol. The van der Waals surface area contributed by atoms with E-state index in [4.69, 9.17) is 13.6 Å². The molecule has 0 aliphatic rings. The number of hydrazone groups is 1. The average Bonchev–Trinajstić information content (AvgIpc) is 3.42. The Morgan fingerprint density at radius 3 is 2.50 bits per heavy atom. The summed E-state index contributed by atoms with van der Waals surface area (Å²) in [4.78, 5) is 12.5. The second kappa shape index (κ2) is 8.44. The maximum atomic E-state index is 12.5. The lowest BCUT2D eigenvalue weighted by Crippen LogP contribution is -2.17. The zero-order valence-corrected chi connectivity index (χ0v) is 16.3. The maximum Gasteiger partial charge on any atom is 0.283 e. The third kappa shape index (κ3) is 4.12. The van der Waals surface area contributed by atoms with Crippen LogP contribution in [0.4, 0.5) is 0 Å². The van der Waals surface area contributed by atoms with Gasteiger partial charge >= 0.3 is 0 Å². The summed E-state index contributed by atoms with van der Waals surface area (Å²) in [7, 11) is 1.60. The van der Waals surface area contributed by atoms with E-state index in [0.29, 0.717) is 23.0 Å². The van der Waals surface area contributed by atoms with E-state index in [1.807, 2.05) is 54.6 Å². The first-order chi connectivity index (χ1) is 14.6. The molecule has 0 saturated heterocycles. The number of aryl methyl sites for hydroxylation is 1. The molecule has 0 saturated carbocycles. The molecule has 1 amide bonds. The van der Waals surface area contributed by atoms with Crippen LogP contribution in [0.1, 0.15) is 21.7 Å². The number of hydrogen-bond donors (Lipinski definition) is 1. The van der Waals surface area contributed by atoms with Crippen molar-refractivity contribution in [1.82, 2.24) is 15.6 Å². The van der Waals surface area contributed by atoms with Crippen LogP contribution in [0.5, 0.6) is 5.75 Å². The normalized spacial score (nSPS) is 11.0. The molecule has 4 aromatic rings. The van der Waals surface area contributed by atoms with Crippen LogP contribution >= 0.6 is 0 Å². The second-order valence-corrected chi connectivity index (χ2v) is 6.33. The largest absolute Gasteiger partial charge is 0.497 e. The Balaban J connectivity index is 1.46. The molecule has 2 aromatic heterocycles. The van der Waals surface area contributed by atoms with Gasteiger partial charge in [-0.3, -0.25) is 4.79 Å². The number of methoxy groups -OCH3 is 1. The van der Waals surface area contributed by atoms with Crippen molar-refractivity contribution in [1.29, 1.82) is 0 Å². The Bertz CT molecular complexity index is 1180. The lowest BCUT2D eigenvalue weighted by Gasteiger charge is -1.99. The van der Waals surface area contributed by atoms with Crippen molar-refractivity contribution >= 4 is 12.1 Å². The molecular formula is C22H18N4O4. The molecule has 0 spiro atoms. The van der Waals surface area contributed by atoms with E-state index in [2.05, 4.69) is 20.7 Å². The number of benzene rings is 2. The number of carbonyl (C=O) groups excluding carboxylic acids is 1. The molecule has 8 heteroatoms. The van der Waals surface area contributed by atoms with Crippen molar-refractivity contribution in [2.75, 3.05) is 7.11 Å². The van der Waals surface area contributed by atoms with Gasteiger partial charge in [0.1, 0.15) is 11.5 Å². The van der Waals surface area contributed by atoms with Crippen molar-refractivity contribution in [3.05, 3.63) is 77.6 Å². The fourth-order valence-corrected chi connectivity index (χ4v) is 2.75. The number of nitrogens with one attached hydrogen (secondary N) is 1. The summed E-state index contributed by atoms with van der Waals surface area (Å²) in [5, 5.41) is 12.0. The third-order valence-corrected chi connectivity index (χ3v) is 4.31. The molecule has 1 N–H and O–H groups in total. The molecule has 4 rings (SSSR count). The summed E-state index contributed by atoms with van der Waals surface area (Å²) < 4.78 is 16.4. The van der Waals surface area contributed by atoms with Crippen molar-refractivity contribution in [2.24, 2.45) is 5.10 Å². The molecule has 0 fully saturated rings. The smallest absolute Gasteiger partial charge is 0.283 e. The van der Waals surface area contributed by atoms with Gasteiger partial charge in [0, 0.05) is 11.6 Å². The van der Waals surface area contributed by atoms with Crippen LogP contribution in [-0.2, 0) is 0 Å². The van der Waals surface area contributed by atoms with E-state index in [1.165, 1.54) is 6.21 Å². The van der Waals surface area contributed by atoms with E-state index >= 15 is 0 Å². The van der Waals surface area contributed by atoms with Gasteiger partial charge in [0.15, 0.2) is 5.76 Å². The number of furan rings is 1. The Morgan fingerprint density at radius 2 is 1.77 bits per heavy atom. The monoisotopic (exact) mass is 402 g/mol. The van der Waals surface area contributed by atoms with E-state index < -0.39 is 5.91 Å². The number of hydrogen-bond acceptors (Lipinski definition) is 7. The highest BCUT2D eigenvalue weighted by Gasteiger charge is 2.19. The van der Waals surface area contributed by atoms with Gasteiger partial charge in [0.25, 0.3) is 11.8 Å². The van der Waals surface area contributed by atoms with E-state index in [9.17, 15) is 4.79 Å². The maximum absolute atomic E-state index is 12.5. The van der Waals surface area contributed by atoms with Crippen molar-refractivity contribution in [2.45, 2.75) is 6.92 Å².